The van der Waals surface area contributed by atoms with Crippen molar-refractivity contribution in [2.24, 2.45) is 0 Å². The predicted molar refractivity (Wildman–Crippen MR) is 89.9 cm³/mol. The molecule has 122 valence electrons. The van der Waals surface area contributed by atoms with Crippen LogP contribution in [0.25, 0.3) is 0 Å². The fourth-order valence-corrected chi connectivity index (χ4v) is 2.89. The highest BCUT2D eigenvalue weighted by Crippen LogP contribution is 2.15. The minimum absolute atomic E-state index is 0.411. The van der Waals surface area contributed by atoms with E-state index in [-0.39, 0.29) is 0 Å². The molecule has 2 heterocycles. The summed E-state index contributed by atoms with van der Waals surface area (Å²) in [6.07, 6.45) is 3.27. The second-order valence-electron chi connectivity index (χ2n) is 6.15. The van der Waals surface area contributed by atoms with E-state index in [0.717, 1.165) is 49.7 Å². The van der Waals surface area contributed by atoms with Gasteiger partial charge in [0.2, 0.25) is 0 Å². The van der Waals surface area contributed by atoms with E-state index in [0.29, 0.717) is 6.54 Å². The fraction of sp³-hybridized carbons (Fsp3) is 0.444. The first kappa shape index (κ1) is 16.1. The number of rotatable bonds is 5. The van der Waals surface area contributed by atoms with E-state index < -0.39 is 6.10 Å². The first-order valence-corrected chi connectivity index (χ1v) is 8.16. The van der Waals surface area contributed by atoms with Gasteiger partial charge in [-0.2, -0.15) is 0 Å². The van der Waals surface area contributed by atoms with Crippen LogP contribution in [0.1, 0.15) is 23.1 Å². The number of aromatic nitrogens is 2. The molecule has 1 fully saturated rings. The zero-order chi connectivity index (χ0) is 16.1. The second kappa shape index (κ2) is 7.64. The van der Waals surface area contributed by atoms with E-state index in [1.54, 1.807) is 0 Å². The second-order valence-corrected chi connectivity index (χ2v) is 6.15. The fourth-order valence-electron chi connectivity index (χ4n) is 2.89. The third-order valence-corrected chi connectivity index (χ3v) is 4.30. The van der Waals surface area contributed by atoms with Gasteiger partial charge >= 0.3 is 0 Å². The number of aliphatic hydroxyl groups excluding tert-OH is 1. The minimum atomic E-state index is -0.411. The highest BCUT2D eigenvalue weighted by Gasteiger charge is 2.20. The van der Waals surface area contributed by atoms with Gasteiger partial charge in [-0.1, -0.05) is 30.3 Å². The molecule has 2 aromatic rings. The normalized spacial score (nSPS) is 18.0. The molecule has 1 aromatic carbocycles. The van der Waals surface area contributed by atoms with Gasteiger partial charge in [-0.15, -0.1) is 0 Å². The summed E-state index contributed by atoms with van der Waals surface area (Å²) in [6, 6.07) is 9.88. The van der Waals surface area contributed by atoms with Gasteiger partial charge in [0.15, 0.2) is 0 Å². The van der Waals surface area contributed by atoms with E-state index in [1.165, 1.54) is 0 Å². The maximum Gasteiger partial charge on any atom is 0.0916 e. The predicted octanol–water partition coefficient (Wildman–Crippen LogP) is 1.64. The summed E-state index contributed by atoms with van der Waals surface area (Å²) in [5, 5.41) is 10.3. The molecule has 0 amide bonds. The zero-order valence-electron chi connectivity index (χ0n) is 13.6. The van der Waals surface area contributed by atoms with Gasteiger partial charge in [0, 0.05) is 51.7 Å². The Morgan fingerprint density at radius 1 is 1.00 bits per heavy atom. The number of aryl methyl sites for hydroxylation is 1. The molecule has 3 rings (SSSR count). The summed E-state index contributed by atoms with van der Waals surface area (Å²) in [5.41, 5.74) is 2.96. The Kier molecular flexibility index (Phi) is 5.33. The number of aliphatic hydroxyl groups is 1. The van der Waals surface area contributed by atoms with Crippen molar-refractivity contribution < 1.29 is 5.11 Å². The molecule has 1 atom stereocenters. The Balaban J connectivity index is 1.46. The molecule has 5 nitrogen and oxygen atoms in total. The molecule has 0 bridgehead atoms. The van der Waals surface area contributed by atoms with Gasteiger partial charge in [0.25, 0.3) is 0 Å². The van der Waals surface area contributed by atoms with Crippen molar-refractivity contribution in [2.75, 3.05) is 32.7 Å². The Bertz CT molecular complexity index is 594. The van der Waals surface area contributed by atoms with Crippen molar-refractivity contribution in [3.63, 3.8) is 0 Å². The highest BCUT2D eigenvalue weighted by molar-refractivity contribution is 5.17. The number of nitrogens with zero attached hydrogens (tertiary/aromatic N) is 4. The Morgan fingerprint density at radius 2 is 1.70 bits per heavy atom. The molecule has 1 N–H and O–H groups in total. The number of piperazine rings is 1. The van der Waals surface area contributed by atoms with Crippen LogP contribution in [0.15, 0.2) is 42.7 Å². The minimum Gasteiger partial charge on any atom is -0.387 e. The number of β-amino-alcohol motifs (C(OH)–C–C–N with tert-alkyl or cyclic N) is 1. The van der Waals surface area contributed by atoms with Crippen LogP contribution in [0, 0.1) is 6.92 Å². The lowest BCUT2D eigenvalue weighted by Crippen LogP contribution is -2.47. The first-order chi connectivity index (χ1) is 11.2. The monoisotopic (exact) mass is 312 g/mol. The van der Waals surface area contributed by atoms with Crippen molar-refractivity contribution in [3.8, 4) is 0 Å². The van der Waals surface area contributed by atoms with E-state index >= 15 is 0 Å². The van der Waals surface area contributed by atoms with Crippen molar-refractivity contribution in [1.82, 2.24) is 19.8 Å². The number of benzene rings is 1. The molecule has 1 unspecified atom stereocenters. The molecule has 0 radical (unpaired) electrons. The van der Waals surface area contributed by atoms with Crippen molar-refractivity contribution in [2.45, 2.75) is 19.6 Å². The van der Waals surface area contributed by atoms with Crippen LogP contribution in [-0.4, -0.2) is 57.6 Å². The zero-order valence-corrected chi connectivity index (χ0v) is 13.6. The molecule has 23 heavy (non-hydrogen) atoms. The molecule has 0 spiro atoms. The lowest BCUT2D eigenvalue weighted by atomic mass is 10.1. The van der Waals surface area contributed by atoms with Crippen LogP contribution in [0.2, 0.25) is 0 Å². The lowest BCUT2D eigenvalue weighted by molar-refractivity contribution is 0.0696. The standard InChI is InChI=1S/C18H24N4O/c1-15-11-20-17(12-19-15)13-21-7-9-22(10-8-21)14-18(23)16-5-3-2-4-6-16/h2-6,11-12,18,23H,7-10,13-14H2,1H3. The molecule has 1 saturated heterocycles. The highest BCUT2D eigenvalue weighted by atomic mass is 16.3. The van der Waals surface area contributed by atoms with Crippen LogP contribution in [-0.2, 0) is 6.54 Å². The molecule has 1 aliphatic rings. The van der Waals surface area contributed by atoms with Crippen molar-refractivity contribution in [3.05, 3.63) is 59.7 Å². The molecule has 5 heteroatoms. The van der Waals surface area contributed by atoms with Gasteiger partial charge in [-0.3, -0.25) is 19.8 Å². The van der Waals surface area contributed by atoms with Gasteiger partial charge in [-0.05, 0) is 12.5 Å². The summed E-state index contributed by atoms with van der Waals surface area (Å²) in [4.78, 5) is 13.4. The van der Waals surface area contributed by atoms with E-state index in [4.69, 9.17) is 0 Å². The van der Waals surface area contributed by atoms with Crippen LogP contribution in [0.4, 0.5) is 0 Å². The molecule has 1 aromatic heterocycles. The molecule has 0 saturated carbocycles. The van der Waals surface area contributed by atoms with E-state index in [2.05, 4.69) is 19.8 Å². The summed E-state index contributed by atoms with van der Waals surface area (Å²) in [5.74, 6) is 0. The number of hydrogen-bond acceptors (Lipinski definition) is 5. The van der Waals surface area contributed by atoms with Crippen LogP contribution < -0.4 is 0 Å². The Labute approximate surface area is 137 Å². The maximum atomic E-state index is 10.3. The van der Waals surface area contributed by atoms with E-state index in [9.17, 15) is 5.11 Å². The van der Waals surface area contributed by atoms with Gasteiger partial charge in [0.05, 0.1) is 17.5 Å². The van der Waals surface area contributed by atoms with Crippen molar-refractivity contribution in [1.29, 1.82) is 0 Å². The molecule has 0 aliphatic carbocycles. The van der Waals surface area contributed by atoms with Gasteiger partial charge < -0.3 is 5.11 Å². The van der Waals surface area contributed by atoms with Crippen LogP contribution in [0.5, 0.6) is 0 Å². The first-order valence-electron chi connectivity index (χ1n) is 8.16. The SMILES string of the molecule is Cc1cnc(CN2CCN(CC(O)c3ccccc3)CC2)cn1. The van der Waals surface area contributed by atoms with Gasteiger partial charge in [0.1, 0.15) is 0 Å². The lowest BCUT2D eigenvalue weighted by Gasteiger charge is -2.35. The average molecular weight is 312 g/mol. The smallest absolute Gasteiger partial charge is 0.0916 e. The van der Waals surface area contributed by atoms with Crippen LogP contribution >= 0.6 is 0 Å². The summed E-state index contributed by atoms with van der Waals surface area (Å²) >= 11 is 0. The third-order valence-electron chi connectivity index (χ3n) is 4.30. The maximum absolute atomic E-state index is 10.3. The summed E-state index contributed by atoms with van der Waals surface area (Å²) in [6.45, 7) is 7.44. The average Bonchev–Trinajstić information content (AvgIpc) is 2.59. The van der Waals surface area contributed by atoms with Gasteiger partial charge in [-0.25, -0.2) is 0 Å². The third kappa shape index (κ3) is 4.58. The Hall–Kier alpha value is -1.82. The summed E-state index contributed by atoms with van der Waals surface area (Å²) < 4.78 is 0. The molecular weight excluding hydrogens is 288 g/mol. The van der Waals surface area contributed by atoms with Crippen LogP contribution in [0.3, 0.4) is 0 Å². The summed E-state index contributed by atoms with van der Waals surface area (Å²) in [7, 11) is 0. The van der Waals surface area contributed by atoms with E-state index in [1.807, 2.05) is 49.6 Å². The quantitative estimate of drug-likeness (QED) is 0.909. The van der Waals surface area contributed by atoms with Crippen molar-refractivity contribution >= 4 is 0 Å². The topological polar surface area (TPSA) is 52.5 Å². The Morgan fingerprint density at radius 3 is 2.35 bits per heavy atom. The molecular formula is C18H24N4O. The largest absolute Gasteiger partial charge is 0.387 e. The number of hydrogen-bond donors (Lipinski definition) is 1. The molecule has 1 aliphatic heterocycles.